The third-order valence-corrected chi connectivity index (χ3v) is 2.33. The summed E-state index contributed by atoms with van der Waals surface area (Å²) in [7, 11) is 0. The molecule has 0 aliphatic carbocycles. The van der Waals surface area contributed by atoms with Crippen LogP contribution in [0.4, 0.5) is 0 Å². The predicted octanol–water partition coefficient (Wildman–Crippen LogP) is 1.73. The van der Waals surface area contributed by atoms with E-state index < -0.39 is 6.10 Å². The maximum atomic E-state index is 9.61. The lowest BCUT2D eigenvalue weighted by molar-refractivity contribution is 0.0290. The number of nitrogens with one attached hydrogen (secondary N) is 1. The van der Waals surface area contributed by atoms with Crippen molar-refractivity contribution < 1.29 is 9.84 Å². The molecule has 0 bridgehead atoms. The Balaban J connectivity index is 2.04. The van der Waals surface area contributed by atoms with Crippen molar-refractivity contribution in [1.82, 2.24) is 5.32 Å². The number of ether oxygens (including phenoxy) is 1. The zero-order valence-electron chi connectivity index (χ0n) is 10.1. The van der Waals surface area contributed by atoms with E-state index in [2.05, 4.69) is 11.9 Å². The molecule has 0 saturated carbocycles. The number of rotatable bonds is 9. The van der Waals surface area contributed by atoms with Gasteiger partial charge in [-0.3, -0.25) is 0 Å². The van der Waals surface area contributed by atoms with Crippen LogP contribution in [0.3, 0.4) is 0 Å². The molecule has 0 aliphatic heterocycles. The van der Waals surface area contributed by atoms with E-state index in [-0.39, 0.29) is 0 Å². The minimum Gasteiger partial charge on any atom is -0.389 e. The van der Waals surface area contributed by atoms with Crippen LogP contribution in [0.1, 0.15) is 12.0 Å². The average molecular weight is 235 g/mol. The number of aliphatic hydroxyl groups excluding tert-OH is 1. The van der Waals surface area contributed by atoms with Crippen LogP contribution in [0, 0.1) is 0 Å². The monoisotopic (exact) mass is 235 g/mol. The number of hydrogen-bond acceptors (Lipinski definition) is 3. The Morgan fingerprint density at radius 3 is 2.82 bits per heavy atom. The fraction of sp³-hybridized carbons (Fsp3) is 0.429. The second-order valence-electron chi connectivity index (χ2n) is 3.94. The molecule has 0 saturated heterocycles. The third kappa shape index (κ3) is 6.89. The van der Waals surface area contributed by atoms with Crippen molar-refractivity contribution in [2.45, 2.75) is 19.1 Å². The molecule has 0 radical (unpaired) electrons. The lowest BCUT2D eigenvalue weighted by Gasteiger charge is -2.12. The minimum atomic E-state index is -0.455. The molecule has 17 heavy (non-hydrogen) atoms. The van der Waals surface area contributed by atoms with Gasteiger partial charge >= 0.3 is 0 Å². The smallest absolute Gasteiger partial charge is 0.0897 e. The van der Waals surface area contributed by atoms with Gasteiger partial charge in [-0.15, -0.1) is 6.58 Å². The molecule has 3 heteroatoms. The molecule has 1 atom stereocenters. The molecule has 3 nitrogen and oxygen atoms in total. The summed E-state index contributed by atoms with van der Waals surface area (Å²) >= 11 is 0. The summed E-state index contributed by atoms with van der Waals surface area (Å²) in [6, 6.07) is 9.95. The highest BCUT2D eigenvalue weighted by atomic mass is 16.5. The van der Waals surface area contributed by atoms with Crippen LogP contribution >= 0.6 is 0 Å². The summed E-state index contributed by atoms with van der Waals surface area (Å²) in [6.07, 6.45) is 2.31. The highest BCUT2D eigenvalue weighted by Gasteiger charge is 2.03. The molecule has 1 rings (SSSR count). The van der Waals surface area contributed by atoms with E-state index >= 15 is 0 Å². The van der Waals surface area contributed by atoms with E-state index in [0.717, 1.165) is 18.5 Å². The molecular weight excluding hydrogens is 214 g/mol. The summed E-state index contributed by atoms with van der Waals surface area (Å²) in [5.41, 5.74) is 1.12. The first kappa shape index (κ1) is 13.9. The molecule has 0 aromatic heterocycles. The van der Waals surface area contributed by atoms with E-state index in [1.807, 2.05) is 36.4 Å². The first-order valence-electron chi connectivity index (χ1n) is 5.94. The summed E-state index contributed by atoms with van der Waals surface area (Å²) in [5.74, 6) is 0. The van der Waals surface area contributed by atoms with Gasteiger partial charge in [0.2, 0.25) is 0 Å². The van der Waals surface area contributed by atoms with E-state index in [1.165, 1.54) is 0 Å². The van der Waals surface area contributed by atoms with E-state index in [4.69, 9.17) is 4.74 Å². The van der Waals surface area contributed by atoms with Gasteiger partial charge in [0, 0.05) is 6.54 Å². The Kier molecular flexibility index (Phi) is 7.30. The molecule has 0 spiro atoms. The van der Waals surface area contributed by atoms with Crippen molar-refractivity contribution in [3.63, 3.8) is 0 Å². The van der Waals surface area contributed by atoms with Crippen molar-refractivity contribution in [3.8, 4) is 0 Å². The molecule has 1 aromatic carbocycles. The Bertz CT molecular complexity index is 300. The van der Waals surface area contributed by atoms with Crippen LogP contribution in [0.15, 0.2) is 43.0 Å². The first-order chi connectivity index (χ1) is 8.33. The van der Waals surface area contributed by atoms with Crippen LogP contribution < -0.4 is 5.32 Å². The van der Waals surface area contributed by atoms with Crippen molar-refractivity contribution in [3.05, 3.63) is 48.6 Å². The summed E-state index contributed by atoms with van der Waals surface area (Å²) in [4.78, 5) is 0. The summed E-state index contributed by atoms with van der Waals surface area (Å²) in [6.45, 7) is 5.94. The van der Waals surface area contributed by atoms with Gasteiger partial charge in [-0.05, 0) is 18.5 Å². The Morgan fingerprint density at radius 2 is 2.12 bits per heavy atom. The van der Waals surface area contributed by atoms with Crippen LogP contribution in [0.2, 0.25) is 0 Å². The highest BCUT2D eigenvalue weighted by molar-refractivity contribution is 5.13. The largest absolute Gasteiger partial charge is 0.389 e. The number of benzene rings is 1. The number of aliphatic hydroxyl groups is 1. The standard InChI is InChI=1S/C14H21NO2/c1-2-3-9-15-10-14(16)12-17-11-13-7-5-4-6-8-13/h2,4-8,14-16H,1,3,9-12H2. The molecule has 0 aliphatic rings. The molecule has 0 heterocycles. The Labute approximate surface area is 103 Å². The zero-order valence-corrected chi connectivity index (χ0v) is 10.1. The topological polar surface area (TPSA) is 41.5 Å². The lowest BCUT2D eigenvalue weighted by Crippen LogP contribution is -2.30. The van der Waals surface area contributed by atoms with E-state index in [1.54, 1.807) is 0 Å². The number of hydrogen-bond donors (Lipinski definition) is 2. The van der Waals surface area contributed by atoms with Crippen molar-refractivity contribution >= 4 is 0 Å². The van der Waals surface area contributed by atoms with Gasteiger partial charge in [-0.2, -0.15) is 0 Å². The Hall–Kier alpha value is -1.16. The molecule has 0 fully saturated rings. The van der Waals surface area contributed by atoms with Gasteiger partial charge in [-0.1, -0.05) is 36.4 Å². The second kappa shape index (κ2) is 8.93. The average Bonchev–Trinajstić information content (AvgIpc) is 2.36. The van der Waals surface area contributed by atoms with Gasteiger partial charge in [-0.25, -0.2) is 0 Å². The lowest BCUT2D eigenvalue weighted by atomic mass is 10.2. The molecule has 94 valence electrons. The van der Waals surface area contributed by atoms with Crippen LogP contribution in [-0.2, 0) is 11.3 Å². The predicted molar refractivity (Wildman–Crippen MR) is 69.8 cm³/mol. The van der Waals surface area contributed by atoms with Crippen LogP contribution in [0.5, 0.6) is 0 Å². The molecule has 2 N–H and O–H groups in total. The van der Waals surface area contributed by atoms with Gasteiger partial charge in [0.15, 0.2) is 0 Å². The molecule has 0 amide bonds. The Morgan fingerprint density at radius 1 is 1.35 bits per heavy atom. The normalized spacial score (nSPS) is 12.3. The van der Waals surface area contributed by atoms with E-state index in [0.29, 0.717) is 19.8 Å². The fourth-order valence-electron chi connectivity index (χ4n) is 1.42. The maximum absolute atomic E-state index is 9.61. The van der Waals surface area contributed by atoms with Crippen LogP contribution in [0.25, 0.3) is 0 Å². The maximum Gasteiger partial charge on any atom is 0.0897 e. The molecule has 1 unspecified atom stereocenters. The minimum absolute atomic E-state index is 0.357. The fourth-order valence-corrected chi connectivity index (χ4v) is 1.42. The van der Waals surface area contributed by atoms with Crippen LogP contribution in [-0.4, -0.2) is 30.9 Å². The SMILES string of the molecule is C=CCCNCC(O)COCc1ccccc1. The van der Waals surface area contributed by atoms with Gasteiger partial charge in [0.05, 0.1) is 19.3 Å². The second-order valence-corrected chi connectivity index (χ2v) is 3.94. The van der Waals surface area contributed by atoms with Crippen molar-refractivity contribution in [1.29, 1.82) is 0 Å². The quantitative estimate of drug-likeness (QED) is 0.506. The van der Waals surface area contributed by atoms with Gasteiger partial charge in [0.1, 0.15) is 0 Å². The van der Waals surface area contributed by atoms with E-state index in [9.17, 15) is 5.11 Å². The van der Waals surface area contributed by atoms with Crippen molar-refractivity contribution in [2.75, 3.05) is 19.7 Å². The zero-order chi connectivity index (χ0) is 12.3. The third-order valence-electron chi connectivity index (χ3n) is 2.33. The van der Waals surface area contributed by atoms with Gasteiger partial charge < -0.3 is 15.2 Å². The molecule has 1 aromatic rings. The summed E-state index contributed by atoms with van der Waals surface area (Å²) < 4.78 is 5.43. The first-order valence-corrected chi connectivity index (χ1v) is 5.94. The van der Waals surface area contributed by atoms with Crippen molar-refractivity contribution in [2.24, 2.45) is 0 Å². The van der Waals surface area contributed by atoms with Gasteiger partial charge in [0.25, 0.3) is 0 Å². The molecular formula is C14H21NO2. The summed E-state index contributed by atoms with van der Waals surface area (Å²) in [5, 5.41) is 12.7. The highest BCUT2D eigenvalue weighted by Crippen LogP contribution is 2.00.